The lowest BCUT2D eigenvalue weighted by atomic mass is 10.1. The molecule has 4 nitrogen and oxygen atoms in total. The standard InChI is InChI=1S/C9H13N3O/c1-4-7(9(10)13)8-6(2)5-12(3)11-8/h4-5H,1-3H3,(H2,10,13)/b7-4+. The summed E-state index contributed by atoms with van der Waals surface area (Å²) in [6, 6.07) is 0. The molecule has 13 heavy (non-hydrogen) atoms. The first-order valence-corrected chi connectivity index (χ1v) is 4.03. The van der Waals surface area contributed by atoms with Crippen LogP contribution in [-0.2, 0) is 11.8 Å². The number of primary amides is 1. The van der Waals surface area contributed by atoms with Gasteiger partial charge in [-0.3, -0.25) is 9.48 Å². The predicted molar refractivity (Wildman–Crippen MR) is 50.8 cm³/mol. The lowest BCUT2D eigenvalue weighted by Crippen LogP contribution is -2.13. The maximum Gasteiger partial charge on any atom is 0.250 e. The van der Waals surface area contributed by atoms with Crippen molar-refractivity contribution in [2.75, 3.05) is 0 Å². The molecule has 0 unspecified atom stereocenters. The molecule has 2 N–H and O–H groups in total. The number of hydrogen-bond donors (Lipinski definition) is 1. The van der Waals surface area contributed by atoms with Crippen LogP contribution >= 0.6 is 0 Å². The van der Waals surface area contributed by atoms with E-state index in [4.69, 9.17) is 5.73 Å². The minimum Gasteiger partial charge on any atom is -0.366 e. The van der Waals surface area contributed by atoms with E-state index in [1.165, 1.54) is 0 Å². The molecule has 0 saturated carbocycles. The highest BCUT2D eigenvalue weighted by molar-refractivity contribution is 6.18. The highest BCUT2D eigenvalue weighted by Gasteiger charge is 2.12. The molecule has 1 aromatic rings. The number of aryl methyl sites for hydroxylation is 2. The van der Waals surface area contributed by atoms with Crippen LogP contribution in [0, 0.1) is 6.92 Å². The molecule has 0 spiro atoms. The topological polar surface area (TPSA) is 60.9 Å². The lowest BCUT2D eigenvalue weighted by Gasteiger charge is -1.98. The third-order valence-electron chi connectivity index (χ3n) is 1.82. The molecule has 0 atom stereocenters. The number of aromatic nitrogens is 2. The Hall–Kier alpha value is -1.58. The van der Waals surface area contributed by atoms with E-state index >= 15 is 0 Å². The summed E-state index contributed by atoms with van der Waals surface area (Å²) in [6.45, 7) is 3.67. The summed E-state index contributed by atoms with van der Waals surface area (Å²) in [5.41, 5.74) is 7.29. The van der Waals surface area contributed by atoms with Crippen LogP contribution in [0.15, 0.2) is 12.3 Å². The van der Waals surface area contributed by atoms with Gasteiger partial charge in [0, 0.05) is 13.2 Å². The van der Waals surface area contributed by atoms with Crippen molar-refractivity contribution in [1.29, 1.82) is 0 Å². The summed E-state index contributed by atoms with van der Waals surface area (Å²) in [5.74, 6) is -0.440. The number of allylic oxidation sites excluding steroid dienone is 1. The Labute approximate surface area is 77.0 Å². The molecular weight excluding hydrogens is 166 g/mol. The van der Waals surface area contributed by atoms with Crippen molar-refractivity contribution in [2.45, 2.75) is 13.8 Å². The molecule has 0 aliphatic carbocycles. The smallest absolute Gasteiger partial charge is 0.250 e. The summed E-state index contributed by atoms with van der Waals surface area (Å²) in [4.78, 5) is 11.0. The maximum atomic E-state index is 11.0. The second kappa shape index (κ2) is 3.43. The van der Waals surface area contributed by atoms with E-state index in [0.29, 0.717) is 11.3 Å². The average Bonchev–Trinajstić information content (AvgIpc) is 2.31. The summed E-state index contributed by atoms with van der Waals surface area (Å²) in [6.07, 6.45) is 3.53. The minimum absolute atomic E-state index is 0.440. The van der Waals surface area contributed by atoms with E-state index in [9.17, 15) is 4.79 Å². The first kappa shape index (κ1) is 9.51. The Bertz CT molecular complexity index is 363. The molecule has 0 aliphatic heterocycles. The van der Waals surface area contributed by atoms with Crippen LogP contribution < -0.4 is 5.73 Å². The number of carbonyl (C=O) groups excluding carboxylic acids is 1. The van der Waals surface area contributed by atoms with Crippen molar-refractivity contribution in [3.63, 3.8) is 0 Å². The van der Waals surface area contributed by atoms with Crippen LogP contribution in [0.5, 0.6) is 0 Å². The van der Waals surface area contributed by atoms with Crippen molar-refractivity contribution < 1.29 is 4.79 Å². The molecule has 1 heterocycles. The summed E-state index contributed by atoms with van der Waals surface area (Å²) < 4.78 is 1.66. The van der Waals surface area contributed by atoms with Crippen LogP contribution in [0.1, 0.15) is 18.2 Å². The third kappa shape index (κ3) is 1.77. The van der Waals surface area contributed by atoms with Gasteiger partial charge >= 0.3 is 0 Å². The normalized spacial score (nSPS) is 11.8. The Kier molecular flexibility index (Phi) is 2.51. The van der Waals surface area contributed by atoms with Gasteiger partial charge in [-0.15, -0.1) is 0 Å². The summed E-state index contributed by atoms with van der Waals surface area (Å²) in [7, 11) is 1.81. The van der Waals surface area contributed by atoms with Gasteiger partial charge in [-0.05, 0) is 19.4 Å². The second-order valence-electron chi connectivity index (χ2n) is 2.90. The number of hydrogen-bond acceptors (Lipinski definition) is 2. The molecule has 0 saturated heterocycles. The van der Waals surface area contributed by atoms with Gasteiger partial charge in [0.15, 0.2) is 0 Å². The molecule has 0 bridgehead atoms. The molecule has 70 valence electrons. The Morgan fingerprint density at radius 1 is 1.69 bits per heavy atom. The van der Waals surface area contributed by atoms with Crippen LogP contribution in [0.3, 0.4) is 0 Å². The number of nitrogens with two attached hydrogens (primary N) is 1. The van der Waals surface area contributed by atoms with Crippen LogP contribution in [0.2, 0.25) is 0 Å². The zero-order chi connectivity index (χ0) is 10.0. The second-order valence-corrected chi connectivity index (χ2v) is 2.90. The Balaban J connectivity index is 3.20. The monoisotopic (exact) mass is 179 g/mol. The molecule has 0 radical (unpaired) electrons. The fraction of sp³-hybridized carbons (Fsp3) is 0.333. The van der Waals surface area contributed by atoms with E-state index in [1.807, 2.05) is 20.2 Å². The van der Waals surface area contributed by atoms with Gasteiger partial charge in [0.05, 0.1) is 5.57 Å². The maximum absolute atomic E-state index is 11.0. The highest BCUT2D eigenvalue weighted by atomic mass is 16.1. The number of rotatable bonds is 2. The Morgan fingerprint density at radius 2 is 2.31 bits per heavy atom. The average molecular weight is 179 g/mol. The van der Waals surface area contributed by atoms with E-state index in [-0.39, 0.29) is 0 Å². The van der Waals surface area contributed by atoms with E-state index in [1.54, 1.807) is 17.7 Å². The van der Waals surface area contributed by atoms with Gasteiger partial charge in [-0.25, -0.2) is 0 Å². The molecular formula is C9H13N3O. The van der Waals surface area contributed by atoms with Gasteiger partial charge < -0.3 is 5.73 Å². The lowest BCUT2D eigenvalue weighted by molar-refractivity contribution is -0.112. The first-order valence-electron chi connectivity index (χ1n) is 4.03. The Morgan fingerprint density at radius 3 is 2.62 bits per heavy atom. The first-order chi connectivity index (χ1) is 6.06. The molecule has 0 fully saturated rings. The van der Waals surface area contributed by atoms with Gasteiger partial charge in [-0.1, -0.05) is 6.08 Å². The summed E-state index contributed by atoms with van der Waals surface area (Å²) >= 11 is 0. The zero-order valence-corrected chi connectivity index (χ0v) is 8.03. The van der Waals surface area contributed by atoms with Gasteiger partial charge in [0.1, 0.15) is 5.69 Å². The van der Waals surface area contributed by atoms with Crippen molar-refractivity contribution in [3.05, 3.63) is 23.5 Å². The molecule has 0 aliphatic rings. The number of nitrogens with zero attached hydrogens (tertiary/aromatic N) is 2. The van der Waals surface area contributed by atoms with Crippen LogP contribution in [-0.4, -0.2) is 15.7 Å². The van der Waals surface area contributed by atoms with Crippen LogP contribution in [0.4, 0.5) is 0 Å². The van der Waals surface area contributed by atoms with Crippen molar-refractivity contribution in [1.82, 2.24) is 9.78 Å². The van der Waals surface area contributed by atoms with Crippen molar-refractivity contribution >= 4 is 11.5 Å². The third-order valence-corrected chi connectivity index (χ3v) is 1.82. The zero-order valence-electron chi connectivity index (χ0n) is 8.03. The number of carbonyl (C=O) groups is 1. The largest absolute Gasteiger partial charge is 0.366 e. The van der Waals surface area contributed by atoms with E-state index in [0.717, 1.165) is 5.56 Å². The van der Waals surface area contributed by atoms with Crippen molar-refractivity contribution in [2.24, 2.45) is 12.8 Å². The van der Waals surface area contributed by atoms with Gasteiger partial charge in [-0.2, -0.15) is 5.10 Å². The van der Waals surface area contributed by atoms with Gasteiger partial charge in [0.2, 0.25) is 0 Å². The SMILES string of the molecule is C/C=C(/C(N)=O)c1nn(C)cc1C. The fourth-order valence-corrected chi connectivity index (χ4v) is 1.27. The quantitative estimate of drug-likeness (QED) is 0.676. The van der Waals surface area contributed by atoms with E-state index in [2.05, 4.69) is 5.10 Å². The molecule has 4 heteroatoms. The van der Waals surface area contributed by atoms with E-state index < -0.39 is 5.91 Å². The summed E-state index contributed by atoms with van der Waals surface area (Å²) in [5, 5.41) is 4.15. The number of amides is 1. The fourth-order valence-electron chi connectivity index (χ4n) is 1.27. The molecule has 1 rings (SSSR count). The highest BCUT2D eigenvalue weighted by Crippen LogP contribution is 2.15. The van der Waals surface area contributed by atoms with Crippen molar-refractivity contribution in [3.8, 4) is 0 Å². The predicted octanol–water partition coefficient (Wildman–Crippen LogP) is 0.617. The molecule has 1 aromatic heterocycles. The van der Waals surface area contributed by atoms with Crippen LogP contribution in [0.25, 0.3) is 5.57 Å². The van der Waals surface area contributed by atoms with Gasteiger partial charge in [0.25, 0.3) is 5.91 Å². The molecule has 1 amide bonds. The molecule has 0 aromatic carbocycles. The minimum atomic E-state index is -0.440.